The van der Waals surface area contributed by atoms with Gasteiger partial charge in [-0.1, -0.05) is 0 Å². The van der Waals surface area contributed by atoms with Crippen molar-refractivity contribution in [2.45, 2.75) is 0 Å². The predicted molar refractivity (Wildman–Crippen MR) is 22.6 cm³/mol. The largest absolute Gasteiger partial charge is 0.330 e. The summed E-state index contributed by atoms with van der Waals surface area (Å²) in [5.41, 5.74) is 0. The Morgan fingerprint density at radius 1 is 1.57 bits per heavy atom. The van der Waals surface area contributed by atoms with Crippen molar-refractivity contribution in [3.05, 3.63) is 0 Å². The van der Waals surface area contributed by atoms with Gasteiger partial charge in [-0.2, -0.15) is 0 Å². The van der Waals surface area contributed by atoms with Crippen LogP contribution in [0.25, 0.3) is 0 Å². The molecule has 0 unspecified atom stereocenters. The highest BCUT2D eigenvalue weighted by Crippen LogP contribution is 1.95. The molecule has 0 saturated carbocycles. The maximum absolute atomic E-state index is 10.1. The van der Waals surface area contributed by atoms with Crippen molar-refractivity contribution < 1.29 is 9.59 Å². The zero-order valence-corrected chi connectivity index (χ0v) is 3.76. The zero-order valence-electron chi connectivity index (χ0n) is 3.76. The number of nitrogens with zero attached hydrogens (tertiary/aromatic N) is 1. The van der Waals surface area contributed by atoms with Gasteiger partial charge in [-0.05, 0) is 0 Å². The molecule has 1 heterocycles. The van der Waals surface area contributed by atoms with Crippen molar-refractivity contribution in [1.82, 2.24) is 4.90 Å². The molecule has 3 heteroatoms. The summed E-state index contributed by atoms with van der Waals surface area (Å²) in [7, 11) is 0. The number of likely N-dealkylation sites (tertiary alicyclic amines) is 1. The monoisotopic (exact) mass is 99.0 g/mol. The Bertz CT molecular complexity index is 102. The highest BCUT2D eigenvalue weighted by molar-refractivity contribution is 5.91. The van der Waals surface area contributed by atoms with Gasteiger partial charge in [0.2, 0.25) is 6.41 Å². The van der Waals surface area contributed by atoms with E-state index in [1.54, 1.807) is 0 Å². The van der Waals surface area contributed by atoms with Crippen LogP contribution < -0.4 is 0 Å². The van der Waals surface area contributed by atoms with E-state index in [9.17, 15) is 9.59 Å². The van der Waals surface area contributed by atoms with Gasteiger partial charge >= 0.3 is 0 Å². The average molecular weight is 99.1 g/mol. The molecular weight excluding hydrogens is 94.0 g/mol. The molecule has 0 radical (unpaired) electrons. The van der Waals surface area contributed by atoms with Crippen LogP contribution in [-0.4, -0.2) is 30.2 Å². The van der Waals surface area contributed by atoms with Crippen LogP contribution in [-0.2, 0) is 9.59 Å². The van der Waals surface area contributed by atoms with Crippen LogP contribution in [0.15, 0.2) is 0 Å². The van der Waals surface area contributed by atoms with Crippen LogP contribution in [0.2, 0.25) is 0 Å². The molecule has 38 valence electrons. The summed E-state index contributed by atoms with van der Waals surface area (Å²) in [6, 6.07) is 0. The molecule has 1 amide bonds. The van der Waals surface area contributed by atoms with E-state index in [1.165, 1.54) is 4.90 Å². The van der Waals surface area contributed by atoms with Gasteiger partial charge in [-0.3, -0.25) is 9.59 Å². The third-order valence-corrected chi connectivity index (χ3v) is 0.908. The van der Waals surface area contributed by atoms with Crippen LogP contribution in [0.1, 0.15) is 0 Å². The van der Waals surface area contributed by atoms with Crippen LogP contribution in [0.5, 0.6) is 0 Å². The maximum atomic E-state index is 10.1. The third kappa shape index (κ3) is 0.607. The summed E-state index contributed by atoms with van der Waals surface area (Å²) in [5.74, 6) is 0.145. The number of Topliss-reactive ketones (excluding diaryl/α,β-unsaturated/α-hetero) is 1. The predicted octanol–water partition coefficient (Wildman–Crippen LogP) is -0.973. The first-order valence-corrected chi connectivity index (χ1v) is 2.04. The fraction of sp³-hybridized carbons (Fsp3) is 0.500. The second-order valence-corrected chi connectivity index (χ2v) is 1.55. The molecule has 0 N–H and O–H groups in total. The quantitative estimate of drug-likeness (QED) is 0.396. The molecule has 0 spiro atoms. The first-order chi connectivity index (χ1) is 3.33. The van der Waals surface area contributed by atoms with Crippen LogP contribution in [0.3, 0.4) is 0 Å². The number of hydrogen-bond acceptors (Lipinski definition) is 2. The Morgan fingerprint density at radius 3 is 2.29 bits per heavy atom. The molecule has 3 nitrogen and oxygen atoms in total. The molecule has 0 aromatic rings. The normalized spacial score (nSPS) is 18.9. The highest BCUT2D eigenvalue weighted by Gasteiger charge is 2.20. The van der Waals surface area contributed by atoms with Crippen molar-refractivity contribution in [3.8, 4) is 0 Å². The molecule has 1 saturated heterocycles. The summed E-state index contributed by atoms with van der Waals surface area (Å²) in [4.78, 5) is 21.2. The fourth-order valence-electron chi connectivity index (χ4n) is 0.481. The lowest BCUT2D eigenvalue weighted by atomic mass is 10.2. The Morgan fingerprint density at radius 2 is 2.14 bits per heavy atom. The van der Waals surface area contributed by atoms with Gasteiger partial charge in [0.05, 0.1) is 13.1 Å². The maximum Gasteiger partial charge on any atom is 0.210 e. The molecule has 0 aromatic carbocycles. The smallest absolute Gasteiger partial charge is 0.210 e. The number of carbonyl (C=O) groups is 2. The Balaban J connectivity index is 2.29. The molecule has 7 heavy (non-hydrogen) atoms. The lowest BCUT2D eigenvalue weighted by molar-refractivity contribution is -0.137. The molecule has 1 aliphatic heterocycles. The fourth-order valence-corrected chi connectivity index (χ4v) is 0.481. The SMILES string of the molecule is O=CN1CC(=O)C1. The minimum absolute atomic E-state index is 0.145. The zero-order chi connectivity index (χ0) is 5.28. The van der Waals surface area contributed by atoms with Gasteiger partial charge < -0.3 is 4.90 Å². The van der Waals surface area contributed by atoms with E-state index in [-0.39, 0.29) is 5.78 Å². The summed E-state index contributed by atoms with van der Waals surface area (Å²) in [6.45, 7) is 0.646. The number of rotatable bonds is 1. The number of ketones is 1. The minimum atomic E-state index is 0.145. The molecule has 0 aliphatic carbocycles. The average Bonchev–Trinajstić information content (AvgIpc) is 1.58. The summed E-state index contributed by atoms with van der Waals surface area (Å²) in [5, 5.41) is 0. The molecule has 0 aromatic heterocycles. The second kappa shape index (κ2) is 1.33. The third-order valence-electron chi connectivity index (χ3n) is 0.908. The number of amides is 1. The van der Waals surface area contributed by atoms with Crippen LogP contribution in [0, 0.1) is 0 Å². The van der Waals surface area contributed by atoms with E-state index in [0.29, 0.717) is 19.5 Å². The number of carbonyl (C=O) groups excluding carboxylic acids is 2. The second-order valence-electron chi connectivity index (χ2n) is 1.55. The molecule has 1 aliphatic rings. The highest BCUT2D eigenvalue weighted by atomic mass is 16.2. The molecule has 0 bridgehead atoms. The van der Waals surface area contributed by atoms with Crippen molar-refractivity contribution >= 4 is 12.2 Å². The first kappa shape index (κ1) is 4.30. The number of hydrogen-bond donors (Lipinski definition) is 0. The van der Waals surface area contributed by atoms with Crippen molar-refractivity contribution in [3.63, 3.8) is 0 Å². The van der Waals surface area contributed by atoms with E-state index in [1.807, 2.05) is 0 Å². The lowest BCUT2D eigenvalue weighted by Crippen LogP contribution is -2.45. The van der Waals surface area contributed by atoms with Gasteiger partial charge in [-0.15, -0.1) is 0 Å². The van der Waals surface area contributed by atoms with Crippen LogP contribution in [0.4, 0.5) is 0 Å². The summed E-state index contributed by atoms with van der Waals surface area (Å²) >= 11 is 0. The lowest BCUT2D eigenvalue weighted by Gasteiger charge is -2.23. The van der Waals surface area contributed by atoms with E-state index in [2.05, 4.69) is 0 Å². The Labute approximate surface area is 40.9 Å². The van der Waals surface area contributed by atoms with E-state index < -0.39 is 0 Å². The van der Waals surface area contributed by atoms with Crippen molar-refractivity contribution in [2.75, 3.05) is 13.1 Å². The van der Waals surface area contributed by atoms with Gasteiger partial charge in [-0.25, -0.2) is 0 Å². The Hall–Kier alpha value is -0.860. The van der Waals surface area contributed by atoms with E-state index in [0.717, 1.165) is 0 Å². The summed E-state index contributed by atoms with van der Waals surface area (Å²) in [6.07, 6.45) is 0.682. The van der Waals surface area contributed by atoms with E-state index >= 15 is 0 Å². The van der Waals surface area contributed by atoms with E-state index in [4.69, 9.17) is 0 Å². The Kier molecular flexibility index (Phi) is 0.817. The van der Waals surface area contributed by atoms with Gasteiger partial charge in [0.25, 0.3) is 0 Å². The molecule has 1 fully saturated rings. The van der Waals surface area contributed by atoms with Gasteiger partial charge in [0, 0.05) is 0 Å². The van der Waals surface area contributed by atoms with Crippen LogP contribution >= 0.6 is 0 Å². The van der Waals surface area contributed by atoms with Gasteiger partial charge in [0.15, 0.2) is 5.78 Å². The van der Waals surface area contributed by atoms with Crippen molar-refractivity contribution in [2.24, 2.45) is 0 Å². The topological polar surface area (TPSA) is 37.4 Å². The van der Waals surface area contributed by atoms with Gasteiger partial charge in [0.1, 0.15) is 0 Å². The minimum Gasteiger partial charge on any atom is -0.330 e. The first-order valence-electron chi connectivity index (χ1n) is 2.04. The molecule has 1 rings (SSSR count). The molecule has 0 atom stereocenters. The molecular formula is C4H5NO2. The van der Waals surface area contributed by atoms with Crippen molar-refractivity contribution in [1.29, 1.82) is 0 Å². The standard InChI is InChI=1S/C4H5NO2/c6-3-5-1-4(7)2-5/h3H,1-2H2. The summed E-state index contributed by atoms with van der Waals surface area (Å²) < 4.78 is 0.